The predicted molar refractivity (Wildman–Crippen MR) is 128 cm³/mol. The van der Waals surface area contributed by atoms with Crippen molar-refractivity contribution in [3.8, 4) is 22.3 Å². The van der Waals surface area contributed by atoms with Gasteiger partial charge in [0.2, 0.25) is 0 Å². The molecule has 29 heavy (non-hydrogen) atoms. The molecule has 1 aliphatic heterocycles. The Morgan fingerprint density at radius 2 is 1.86 bits per heavy atom. The number of anilines is 1. The largest absolute Gasteiger partial charge is 0.354 e. The maximum Gasteiger partial charge on any atom is 0.0578 e. The van der Waals surface area contributed by atoms with Gasteiger partial charge in [-0.3, -0.25) is 0 Å². The predicted octanol–water partition coefficient (Wildman–Crippen LogP) is 7.46. The van der Waals surface area contributed by atoms with Crippen LogP contribution in [0.15, 0.2) is 54.4 Å². The SMILES string of the molecule is C=C1Nc2ccc(C)c(-c3ccc(CNC(C)CCCC)cc3)c2-c2ccsc21. The zero-order valence-corrected chi connectivity index (χ0v) is 18.5. The summed E-state index contributed by atoms with van der Waals surface area (Å²) < 4.78 is 0. The molecule has 0 radical (unpaired) electrons. The maximum atomic E-state index is 4.21. The van der Waals surface area contributed by atoms with Crippen molar-refractivity contribution in [3.63, 3.8) is 0 Å². The third kappa shape index (κ3) is 4.03. The van der Waals surface area contributed by atoms with E-state index >= 15 is 0 Å². The molecular formula is C26H30N2S. The Morgan fingerprint density at radius 3 is 2.62 bits per heavy atom. The highest BCUT2D eigenvalue weighted by molar-refractivity contribution is 7.11. The molecule has 1 atom stereocenters. The van der Waals surface area contributed by atoms with Crippen LogP contribution >= 0.6 is 11.3 Å². The Labute approximate surface area is 178 Å². The minimum atomic E-state index is 0.564. The van der Waals surface area contributed by atoms with Crippen LogP contribution < -0.4 is 10.6 Å². The Morgan fingerprint density at radius 1 is 1.07 bits per heavy atom. The standard InChI is InChI=1S/C26H30N2S/c1-5-6-7-18(3)27-16-20-9-11-21(12-10-20)24-17(2)8-13-23-25(24)22-14-15-29-26(22)19(4)28-23/h8-15,18,27-28H,4-7,16H2,1-3H3. The fraction of sp³-hybridized carbons (Fsp3) is 0.308. The average molecular weight is 403 g/mol. The highest BCUT2D eigenvalue weighted by Crippen LogP contribution is 2.48. The lowest BCUT2D eigenvalue weighted by Crippen LogP contribution is -2.25. The lowest BCUT2D eigenvalue weighted by atomic mass is 9.87. The van der Waals surface area contributed by atoms with E-state index in [9.17, 15) is 0 Å². The van der Waals surface area contributed by atoms with E-state index in [0.717, 1.165) is 17.9 Å². The fourth-order valence-electron chi connectivity index (χ4n) is 4.12. The van der Waals surface area contributed by atoms with Crippen LogP contribution in [-0.2, 0) is 6.54 Å². The molecule has 1 unspecified atom stereocenters. The fourth-order valence-corrected chi connectivity index (χ4v) is 4.95. The lowest BCUT2D eigenvalue weighted by Gasteiger charge is -2.25. The summed E-state index contributed by atoms with van der Waals surface area (Å²) in [5.74, 6) is 0. The van der Waals surface area contributed by atoms with Crippen molar-refractivity contribution in [2.24, 2.45) is 0 Å². The summed E-state index contributed by atoms with van der Waals surface area (Å²) in [5, 5.41) is 9.32. The van der Waals surface area contributed by atoms with Crippen LogP contribution in [0.3, 0.4) is 0 Å². The molecule has 0 aliphatic carbocycles. The van der Waals surface area contributed by atoms with Crippen LogP contribution in [0.25, 0.3) is 28.0 Å². The van der Waals surface area contributed by atoms with Gasteiger partial charge in [-0.05, 0) is 60.0 Å². The van der Waals surface area contributed by atoms with Crippen LogP contribution in [0, 0.1) is 6.92 Å². The first-order valence-electron chi connectivity index (χ1n) is 10.6. The van der Waals surface area contributed by atoms with E-state index in [-0.39, 0.29) is 0 Å². The number of hydrogen-bond donors (Lipinski definition) is 2. The number of benzene rings is 2. The number of fused-ring (bicyclic) bond motifs is 3. The first kappa shape index (κ1) is 19.9. The van der Waals surface area contributed by atoms with E-state index in [1.165, 1.54) is 57.5 Å². The topological polar surface area (TPSA) is 24.1 Å². The van der Waals surface area contributed by atoms with Crippen LogP contribution in [0.4, 0.5) is 5.69 Å². The van der Waals surface area contributed by atoms with Gasteiger partial charge in [0.1, 0.15) is 0 Å². The average Bonchev–Trinajstić information content (AvgIpc) is 3.22. The first-order chi connectivity index (χ1) is 14.1. The molecule has 3 heteroatoms. The van der Waals surface area contributed by atoms with Gasteiger partial charge in [-0.1, -0.05) is 56.7 Å². The first-order valence-corrected chi connectivity index (χ1v) is 11.5. The Balaban J connectivity index is 1.62. The van der Waals surface area contributed by atoms with Gasteiger partial charge in [0.25, 0.3) is 0 Å². The molecule has 150 valence electrons. The van der Waals surface area contributed by atoms with Crippen molar-refractivity contribution in [2.45, 2.75) is 52.6 Å². The molecule has 0 amide bonds. The van der Waals surface area contributed by atoms with Crippen molar-refractivity contribution >= 4 is 22.7 Å². The molecule has 1 aliphatic rings. The molecule has 4 rings (SSSR count). The van der Waals surface area contributed by atoms with Gasteiger partial charge in [0, 0.05) is 35.1 Å². The second-order valence-electron chi connectivity index (χ2n) is 8.07. The minimum absolute atomic E-state index is 0.564. The molecule has 0 saturated carbocycles. The Kier molecular flexibility index (Phi) is 5.89. The third-order valence-corrected chi connectivity index (χ3v) is 6.77. The third-order valence-electron chi connectivity index (χ3n) is 5.80. The smallest absolute Gasteiger partial charge is 0.0578 e. The molecule has 0 spiro atoms. The Hall–Kier alpha value is -2.36. The van der Waals surface area contributed by atoms with Gasteiger partial charge in [0.15, 0.2) is 0 Å². The maximum absolute atomic E-state index is 4.21. The molecule has 0 saturated heterocycles. The molecule has 2 N–H and O–H groups in total. The molecule has 2 heterocycles. The lowest BCUT2D eigenvalue weighted by molar-refractivity contribution is 0.495. The van der Waals surface area contributed by atoms with Crippen molar-refractivity contribution < 1.29 is 0 Å². The van der Waals surface area contributed by atoms with Gasteiger partial charge < -0.3 is 10.6 Å². The number of rotatable bonds is 7. The van der Waals surface area contributed by atoms with Crippen LogP contribution in [0.2, 0.25) is 0 Å². The summed E-state index contributed by atoms with van der Waals surface area (Å²) in [4.78, 5) is 1.24. The molecule has 1 aromatic heterocycles. The zero-order valence-electron chi connectivity index (χ0n) is 17.6. The summed E-state index contributed by atoms with van der Waals surface area (Å²) >= 11 is 1.75. The van der Waals surface area contributed by atoms with Crippen LogP contribution in [-0.4, -0.2) is 6.04 Å². The molecule has 2 aromatic carbocycles. The van der Waals surface area contributed by atoms with Crippen molar-refractivity contribution in [3.05, 3.63) is 70.4 Å². The molecule has 2 nitrogen and oxygen atoms in total. The number of thiophene rings is 1. The quantitative estimate of drug-likeness (QED) is 0.429. The van der Waals surface area contributed by atoms with Gasteiger partial charge in [0.05, 0.1) is 4.88 Å². The number of hydrogen-bond acceptors (Lipinski definition) is 3. The van der Waals surface area contributed by atoms with Crippen LogP contribution in [0.1, 0.15) is 49.1 Å². The van der Waals surface area contributed by atoms with Crippen molar-refractivity contribution in [1.82, 2.24) is 5.32 Å². The second kappa shape index (κ2) is 8.56. The summed E-state index contributed by atoms with van der Waals surface area (Å²) in [6.07, 6.45) is 3.79. The second-order valence-corrected chi connectivity index (χ2v) is 8.98. The molecule has 3 aromatic rings. The number of unbranched alkanes of at least 4 members (excludes halogenated alkanes) is 1. The minimum Gasteiger partial charge on any atom is -0.354 e. The summed E-state index contributed by atoms with van der Waals surface area (Å²) in [6.45, 7) is 11.9. The zero-order chi connectivity index (χ0) is 20.4. The number of aryl methyl sites for hydroxylation is 1. The molecular weight excluding hydrogens is 372 g/mol. The monoisotopic (exact) mass is 402 g/mol. The van der Waals surface area contributed by atoms with Gasteiger partial charge in [-0.25, -0.2) is 0 Å². The van der Waals surface area contributed by atoms with Gasteiger partial charge in [-0.2, -0.15) is 0 Å². The van der Waals surface area contributed by atoms with Gasteiger partial charge in [-0.15, -0.1) is 11.3 Å². The van der Waals surface area contributed by atoms with Gasteiger partial charge >= 0.3 is 0 Å². The highest BCUT2D eigenvalue weighted by Gasteiger charge is 2.24. The van der Waals surface area contributed by atoms with E-state index in [1.54, 1.807) is 11.3 Å². The van der Waals surface area contributed by atoms with E-state index in [1.807, 2.05) is 0 Å². The highest BCUT2D eigenvalue weighted by atomic mass is 32.1. The van der Waals surface area contributed by atoms with E-state index in [2.05, 4.69) is 85.8 Å². The van der Waals surface area contributed by atoms with E-state index in [4.69, 9.17) is 0 Å². The Bertz CT molecular complexity index is 1010. The summed E-state index contributed by atoms with van der Waals surface area (Å²) in [6, 6.07) is 16.2. The van der Waals surface area contributed by atoms with Crippen LogP contribution in [0.5, 0.6) is 0 Å². The van der Waals surface area contributed by atoms with Crippen molar-refractivity contribution in [2.75, 3.05) is 5.32 Å². The van der Waals surface area contributed by atoms with E-state index < -0.39 is 0 Å². The van der Waals surface area contributed by atoms with Crippen molar-refractivity contribution in [1.29, 1.82) is 0 Å². The molecule has 0 bridgehead atoms. The number of nitrogens with one attached hydrogen (secondary N) is 2. The summed E-state index contributed by atoms with van der Waals surface area (Å²) in [5.41, 5.74) is 9.96. The molecule has 0 fully saturated rings. The normalized spacial score (nSPS) is 13.6. The van der Waals surface area contributed by atoms with E-state index in [0.29, 0.717) is 6.04 Å². The summed E-state index contributed by atoms with van der Waals surface area (Å²) in [7, 11) is 0.